The lowest BCUT2D eigenvalue weighted by Crippen LogP contribution is -2.25. The SMILES string of the molecule is [2H]c1c([2H])c([2H])c(-c2cccc(-c3c([2H])c([2H])c([2H])c([2H])c3[2H])c2N2CN(c3cc(Cc4ccc5c6c([2H])c([2H])c([2H])c([2H])c6n(-c6cc(C(C)(C)C)ccn6)c5c4)cc(-c4c(C)cc(C)cc4C)c3)c3ccccc32)c([2H])c1[2H]. The van der Waals surface area contributed by atoms with Gasteiger partial charge in [0, 0.05) is 33.8 Å². The summed E-state index contributed by atoms with van der Waals surface area (Å²) in [6, 6.07) is 26.9. The zero-order chi connectivity index (χ0) is 57.3. The van der Waals surface area contributed by atoms with Crippen molar-refractivity contribution in [3.05, 3.63) is 227 Å². The van der Waals surface area contributed by atoms with E-state index in [9.17, 15) is 6.85 Å². The summed E-state index contributed by atoms with van der Waals surface area (Å²) in [7, 11) is 0. The maximum absolute atomic E-state index is 9.21. The molecular weight excluding hydrogens is 801 g/mol. The number of benzene rings is 8. The highest BCUT2D eigenvalue weighted by molar-refractivity contribution is 6.09. The molecule has 11 rings (SSSR count). The van der Waals surface area contributed by atoms with Gasteiger partial charge in [0.05, 0.1) is 47.3 Å². The maximum atomic E-state index is 9.21. The second-order valence-corrected chi connectivity index (χ2v) is 18.1. The van der Waals surface area contributed by atoms with Crippen molar-refractivity contribution in [2.24, 2.45) is 0 Å². The van der Waals surface area contributed by atoms with Crippen LogP contribution in [0.25, 0.3) is 61.0 Å². The third-order valence-electron chi connectivity index (χ3n) is 12.6. The fraction of sp³-hybridized carbons (Fsp3) is 0.145. The van der Waals surface area contributed by atoms with Gasteiger partial charge in [-0.3, -0.25) is 4.57 Å². The molecule has 8 aromatic carbocycles. The Bertz CT molecular complexity index is 4130. The van der Waals surface area contributed by atoms with E-state index in [1.165, 1.54) is 0 Å². The van der Waals surface area contributed by atoms with Gasteiger partial charge >= 0.3 is 0 Å². The van der Waals surface area contributed by atoms with Gasteiger partial charge in [0.15, 0.2) is 0 Å². The summed E-state index contributed by atoms with van der Waals surface area (Å²) in [6.07, 6.45) is 2.14. The summed E-state index contributed by atoms with van der Waals surface area (Å²) < 4.78 is 126. The Hall–Kier alpha value is -7.69. The van der Waals surface area contributed by atoms with Crippen LogP contribution in [0.3, 0.4) is 0 Å². The van der Waals surface area contributed by atoms with E-state index < -0.39 is 60.4 Å². The number of aromatic nitrogens is 2. The van der Waals surface area contributed by atoms with Crippen LogP contribution in [-0.2, 0) is 11.8 Å². The zero-order valence-corrected chi connectivity index (χ0v) is 37.6. The van der Waals surface area contributed by atoms with E-state index in [2.05, 4.69) is 76.8 Å². The minimum atomic E-state index is -0.570. The van der Waals surface area contributed by atoms with Crippen LogP contribution in [0.2, 0.25) is 0 Å². The first kappa shape index (κ1) is 28.3. The Balaban J connectivity index is 1.13. The number of pyridine rings is 1. The van der Waals surface area contributed by atoms with Gasteiger partial charge in [0.1, 0.15) is 12.5 Å². The first-order chi connectivity index (χ1) is 37.9. The Labute approximate surface area is 408 Å². The summed E-state index contributed by atoms with van der Waals surface area (Å²) in [5.41, 5.74) is 11.4. The molecule has 0 spiro atoms. The number of anilines is 4. The Morgan fingerprint density at radius 2 is 1.21 bits per heavy atom. The molecule has 0 fully saturated rings. The molecule has 0 unspecified atom stereocenters. The fourth-order valence-corrected chi connectivity index (χ4v) is 9.70. The molecule has 0 radical (unpaired) electrons. The normalized spacial score (nSPS) is 15.6. The molecule has 0 saturated carbocycles. The summed E-state index contributed by atoms with van der Waals surface area (Å²) in [6.45, 7) is 12.6. The molecule has 1 aliphatic heterocycles. The van der Waals surface area contributed by atoms with Crippen molar-refractivity contribution in [1.29, 1.82) is 0 Å². The Morgan fingerprint density at radius 1 is 0.561 bits per heavy atom. The van der Waals surface area contributed by atoms with E-state index in [4.69, 9.17) is 17.3 Å². The maximum Gasteiger partial charge on any atom is 0.137 e. The monoisotopic (exact) mass is 869 g/mol. The average molecular weight is 869 g/mol. The summed E-state index contributed by atoms with van der Waals surface area (Å²) in [5, 5.41) is 1.05. The largest absolute Gasteiger partial charge is 0.321 e. The third kappa shape index (κ3) is 7.33. The first-order valence-corrected chi connectivity index (χ1v) is 22.0. The molecule has 0 saturated heterocycles. The van der Waals surface area contributed by atoms with E-state index in [0.29, 0.717) is 39.7 Å². The second kappa shape index (κ2) is 16.4. The van der Waals surface area contributed by atoms with Crippen LogP contribution in [0.15, 0.2) is 194 Å². The van der Waals surface area contributed by atoms with Crippen LogP contribution in [0.4, 0.5) is 22.7 Å². The number of para-hydroxylation sites is 4. The molecule has 0 bridgehead atoms. The number of fused-ring (bicyclic) bond motifs is 4. The van der Waals surface area contributed by atoms with Crippen molar-refractivity contribution in [3.63, 3.8) is 0 Å². The van der Waals surface area contributed by atoms with E-state index in [0.717, 1.165) is 55.9 Å². The zero-order valence-electron chi connectivity index (χ0n) is 51.6. The van der Waals surface area contributed by atoms with Crippen LogP contribution >= 0.6 is 0 Å². The number of hydrogen-bond acceptors (Lipinski definition) is 3. The highest BCUT2D eigenvalue weighted by atomic mass is 15.4. The van der Waals surface area contributed by atoms with Gasteiger partial charge in [0.25, 0.3) is 0 Å². The predicted molar refractivity (Wildman–Crippen MR) is 279 cm³/mol. The lowest BCUT2D eigenvalue weighted by atomic mass is 9.88. The van der Waals surface area contributed by atoms with Crippen LogP contribution in [0, 0.1) is 20.8 Å². The molecule has 1 aliphatic rings. The second-order valence-electron chi connectivity index (χ2n) is 18.1. The van der Waals surface area contributed by atoms with Crippen molar-refractivity contribution >= 4 is 44.6 Å². The molecule has 0 atom stereocenters. The van der Waals surface area contributed by atoms with Crippen LogP contribution < -0.4 is 9.80 Å². The Morgan fingerprint density at radius 3 is 1.89 bits per heavy atom. The van der Waals surface area contributed by atoms with Gasteiger partial charge in [-0.2, -0.15) is 0 Å². The predicted octanol–water partition coefficient (Wildman–Crippen LogP) is 16.2. The van der Waals surface area contributed by atoms with E-state index in [-0.39, 0.29) is 64.2 Å². The van der Waals surface area contributed by atoms with Crippen molar-refractivity contribution in [2.45, 2.75) is 53.4 Å². The van der Waals surface area contributed by atoms with Gasteiger partial charge in [-0.15, -0.1) is 0 Å². The fourth-order valence-electron chi connectivity index (χ4n) is 9.70. The van der Waals surface area contributed by atoms with Crippen molar-refractivity contribution in [1.82, 2.24) is 9.55 Å². The molecule has 3 heterocycles. The minimum absolute atomic E-state index is 0.0724. The highest BCUT2D eigenvalue weighted by Crippen LogP contribution is 2.50. The lowest BCUT2D eigenvalue weighted by molar-refractivity contribution is 0.588. The standard InChI is InChI=1S/C62H54N4/c1-41-32-42(2)60(43(3)33-41)48-35-45(34-44-28-29-54-53-22-13-14-25-55(53)66(58(54)37-44)59-39-49(30-31-63-59)62(4,5)6)36-50(38-48)64-40-65(57-27-16-15-26-56(57)64)61-51(46-18-9-7-10-19-46)23-17-24-52(61)47-20-11-8-12-21-47/h7-33,35-39H,34,40H2,1-6H3/i7D,8D,9D,10D,11D,12D,13D,14D,18D,19D,20D,21D,22D,25D. The molecular formula is C62H54N4. The number of aryl methyl sites for hydroxylation is 3. The quantitative estimate of drug-likeness (QED) is 0.152. The Kier molecular flexibility index (Phi) is 7.02. The van der Waals surface area contributed by atoms with Gasteiger partial charge in [-0.25, -0.2) is 4.98 Å². The summed E-state index contributed by atoms with van der Waals surface area (Å²) in [4.78, 5) is 8.83. The van der Waals surface area contributed by atoms with E-state index >= 15 is 0 Å². The van der Waals surface area contributed by atoms with Crippen LogP contribution in [-0.4, -0.2) is 16.2 Å². The average Bonchev–Trinajstić information content (AvgIpc) is 4.00. The van der Waals surface area contributed by atoms with Crippen molar-refractivity contribution < 1.29 is 19.2 Å². The molecule has 4 nitrogen and oxygen atoms in total. The molecule has 10 aromatic rings. The molecule has 0 aliphatic carbocycles. The molecule has 322 valence electrons. The molecule has 2 aromatic heterocycles. The van der Waals surface area contributed by atoms with E-state index in [1.807, 2.05) is 64.1 Å². The van der Waals surface area contributed by atoms with Crippen molar-refractivity contribution in [3.8, 4) is 39.2 Å². The summed E-state index contributed by atoms with van der Waals surface area (Å²) in [5.74, 6) is 0.523. The van der Waals surface area contributed by atoms with Gasteiger partial charge < -0.3 is 9.80 Å². The van der Waals surface area contributed by atoms with E-state index in [1.54, 1.807) is 24.4 Å². The molecule has 4 heteroatoms. The lowest BCUT2D eigenvalue weighted by Gasteiger charge is -2.27. The topological polar surface area (TPSA) is 24.3 Å². The van der Waals surface area contributed by atoms with Gasteiger partial charge in [0.2, 0.25) is 0 Å². The van der Waals surface area contributed by atoms with Gasteiger partial charge in [-0.1, -0.05) is 166 Å². The molecule has 0 N–H and O–H groups in total. The van der Waals surface area contributed by atoms with Crippen LogP contribution in [0.1, 0.15) is 73.3 Å². The van der Waals surface area contributed by atoms with Crippen LogP contribution in [0.5, 0.6) is 0 Å². The number of nitrogens with zero attached hydrogens (tertiary/aromatic N) is 4. The summed E-state index contributed by atoms with van der Waals surface area (Å²) >= 11 is 0. The smallest absolute Gasteiger partial charge is 0.137 e. The third-order valence-corrected chi connectivity index (χ3v) is 12.6. The molecule has 0 amide bonds. The number of rotatable bonds is 8. The van der Waals surface area contributed by atoms with Gasteiger partial charge in [-0.05, 0) is 131 Å². The minimum Gasteiger partial charge on any atom is -0.321 e. The number of hydrogen-bond donors (Lipinski definition) is 0. The van der Waals surface area contributed by atoms with Crippen molar-refractivity contribution in [2.75, 3.05) is 16.5 Å². The highest BCUT2D eigenvalue weighted by Gasteiger charge is 2.32. The molecule has 66 heavy (non-hydrogen) atoms. The first-order valence-electron chi connectivity index (χ1n) is 29.0.